The van der Waals surface area contributed by atoms with Crippen LogP contribution in [-0.4, -0.2) is 11.8 Å². The SMILES string of the molecule is CC(=O)Nc1cc(NC(=O)CC(C)C)ccc1F. The Labute approximate surface area is 106 Å². The molecule has 0 bridgehead atoms. The van der Waals surface area contributed by atoms with Crippen LogP contribution >= 0.6 is 0 Å². The number of hydrogen-bond donors (Lipinski definition) is 2. The lowest BCUT2D eigenvalue weighted by Crippen LogP contribution is -2.14. The Morgan fingerprint density at radius 2 is 1.94 bits per heavy atom. The maximum Gasteiger partial charge on any atom is 0.224 e. The number of amides is 2. The van der Waals surface area contributed by atoms with Gasteiger partial charge in [0, 0.05) is 19.0 Å². The van der Waals surface area contributed by atoms with E-state index in [0.29, 0.717) is 12.1 Å². The molecule has 2 N–H and O–H groups in total. The summed E-state index contributed by atoms with van der Waals surface area (Å²) in [4.78, 5) is 22.4. The number of carbonyl (C=O) groups excluding carboxylic acids is 2. The van der Waals surface area contributed by atoms with Crippen LogP contribution in [0.25, 0.3) is 0 Å². The highest BCUT2D eigenvalue weighted by Gasteiger charge is 2.08. The summed E-state index contributed by atoms with van der Waals surface area (Å²) >= 11 is 0. The summed E-state index contributed by atoms with van der Waals surface area (Å²) < 4.78 is 13.4. The minimum absolute atomic E-state index is 0.0600. The topological polar surface area (TPSA) is 58.2 Å². The molecule has 0 atom stereocenters. The number of hydrogen-bond acceptors (Lipinski definition) is 2. The lowest BCUT2D eigenvalue weighted by molar-refractivity contribution is -0.117. The predicted octanol–water partition coefficient (Wildman–Crippen LogP) is 2.77. The van der Waals surface area contributed by atoms with Gasteiger partial charge >= 0.3 is 0 Å². The molecule has 0 aliphatic rings. The fraction of sp³-hybridized carbons (Fsp3) is 0.385. The van der Waals surface area contributed by atoms with Crippen LogP contribution in [-0.2, 0) is 9.59 Å². The zero-order valence-electron chi connectivity index (χ0n) is 10.7. The molecule has 1 aromatic carbocycles. The molecule has 0 aromatic heterocycles. The number of carbonyl (C=O) groups is 2. The van der Waals surface area contributed by atoms with Crippen LogP contribution in [0.2, 0.25) is 0 Å². The van der Waals surface area contributed by atoms with Crippen LogP contribution in [0.4, 0.5) is 15.8 Å². The van der Waals surface area contributed by atoms with Crippen molar-refractivity contribution < 1.29 is 14.0 Å². The van der Waals surface area contributed by atoms with Crippen LogP contribution < -0.4 is 10.6 Å². The van der Waals surface area contributed by atoms with E-state index in [-0.39, 0.29) is 23.4 Å². The molecule has 18 heavy (non-hydrogen) atoms. The van der Waals surface area contributed by atoms with Crippen molar-refractivity contribution in [3.05, 3.63) is 24.0 Å². The van der Waals surface area contributed by atoms with Gasteiger partial charge in [-0.05, 0) is 24.1 Å². The summed E-state index contributed by atoms with van der Waals surface area (Å²) in [5.41, 5.74) is 0.524. The summed E-state index contributed by atoms with van der Waals surface area (Å²) in [6.07, 6.45) is 0.396. The van der Waals surface area contributed by atoms with E-state index >= 15 is 0 Å². The lowest BCUT2D eigenvalue weighted by atomic mass is 10.1. The summed E-state index contributed by atoms with van der Waals surface area (Å²) in [5.74, 6) is -0.780. The molecule has 0 aliphatic heterocycles. The van der Waals surface area contributed by atoms with Gasteiger partial charge in [-0.15, -0.1) is 0 Å². The normalized spacial score (nSPS) is 10.3. The second-order valence-electron chi connectivity index (χ2n) is 4.52. The van der Waals surface area contributed by atoms with Gasteiger partial charge in [-0.2, -0.15) is 0 Å². The van der Waals surface area contributed by atoms with Crippen LogP contribution in [0.5, 0.6) is 0 Å². The number of nitrogens with one attached hydrogen (secondary N) is 2. The number of benzene rings is 1. The van der Waals surface area contributed by atoms with Crippen molar-refractivity contribution in [2.75, 3.05) is 10.6 Å². The van der Waals surface area contributed by atoms with E-state index in [1.54, 1.807) is 0 Å². The summed E-state index contributed by atoms with van der Waals surface area (Å²) in [6.45, 7) is 5.17. The monoisotopic (exact) mass is 252 g/mol. The van der Waals surface area contributed by atoms with E-state index in [1.807, 2.05) is 13.8 Å². The van der Waals surface area contributed by atoms with Gasteiger partial charge in [-0.25, -0.2) is 4.39 Å². The molecule has 5 heteroatoms. The van der Waals surface area contributed by atoms with Gasteiger partial charge in [0.15, 0.2) is 0 Å². The van der Waals surface area contributed by atoms with Crippen LogP contribution in [0.1, 0.15) is 27.2 Å². The van der Waals surface area contributed by atoms with Gasteiger partial charge in [-0.1, -0.05) is 13.8 Å². The molecule has 0 spiro atoms. The van der Waals surface area contributed by atoms with Crippen molar-refractivity contribution in [2.45, 2.75) is 27.2 Å². The zero-order chi connectivity index (χ0) is 13.7. The maximum atomic E-state index is 13.4. The van der Waals surface area contributed by atoms with Gasteiger partial charge in [0.2, 0.25) is 11.8 Å². The average molecular weight is 252 g/mol. The Morgan fingerprint density at radius 3 is 2.50 bits per heavy atom. The minimum Gasteiger partial charge on any atom is -0.326 e. The first-order valence-electron chi connectivity index (χ1n) is 5.75. The number of halogens is 1. The molecule has 1 aromatic rings. The van der Waals surface area contributed by atoms with Gasteiger partial charge < -0.3 is 10.6 Å². The molecule has 0 fully saturated rings. The van der Waals surface area contributed by atoms with Gasteiger partial charge in [0.1, 0.15) is 5.82 Å². The Hall–Kier alpha value is -1.91. The van der Waals surface area contributed by atoms with Crippen LogP contribution in [0.3, 0.4) is 0 Å². The quantitative estimate of drug-likeness (QED) is 0.865. The third-order valence-electron chi connectivity index (χ3n) is 2.15. The molecular weight excluding hydrogens is 235 g/mol. The van der Waals surface area contributed by atoms with Crippen LogP contribution in [0, 0.1) is 11.7 Å². The van der Waals surface area contributed by atoms with Gasteiger partial charge in [0.05, 0.1) is 5.69 Å². The molecule has 2 amide bonds. The van der Waals surface area contributed by atoms with Gasteiger partial charge in [-0.3, -0.25) is 9.59 Å². The molecule has 0 aliphatic carbocycles. The molecular formula is C13H17FN2O2. The highest BCUT2D eigenvalue weighted by Crippen LogP contribution is 2.20. The Bertz CT molecular complexity index is 458. The number of rotatable bonds is 4. The molecule has 0 saturated heterocycles. The zero-order valence-corrected chi connectivity index (χ0v) is 10.7. The maximum absolute atomic E-state index is 13.4. The average Bonchev–Trinajstić information content (AvgIpc) is 2.21. The van der Waals surface area contributed by atoms with Gasteiger partial charge in [0.25, 0.3) is 0 Å². The third kappa shape index (κ3) is 4.53. The largest absolute Gasteiger partial charge is 0.326 e. The van der Waals surface area contributed by atoms with E-state index in [0.717, 1.165) is 0 Å². The van der Waals surface area contributed by atoms with Crippen molar-refractivity contribution in [1.82, 2.24) is 0 Å². The lowest BCUT2D eigenvalue weighted by Gasteiger charge is -2.09. The van der Waals surface area contributed by atoms with E-state index in [9.17, 15) is 14.0 Å². The van der Waals surface area contributed by atoms with E-state index < -0.39 is 5.82 Å². The first-order valence-corrected chi connectivity index (χ1v) is 5.75. The van der Waals surface area contributed by atoms with Crippen LogP contribution in [0.15, 0.2) is 18.2 Å². The van der Waals surface area contributed by atoms with Crippen molar-refractivity contribution in [2.24, 2.45) is 5.92 Å². The molecule has 0 saturated carbocycles. The fourth-order valence-electron chi connectivity index (χ4n) is 1.47. The second kappa shape index (κ2) is 6.14. The summed E-state index contributed by atoms with van der Waals surface area (Å²) in [7, 11) is 0. The molecule has 0 radical (unpaired) electrons. The number of anilines is 2. The highest BCUT2D eigenvalue weighted by molar-refractivity contribution is 5.93. The van der Waals surface area contributed by atoms with E-state index in [1.165, 1.54) is 25.1 Å². The Balaban J connectivity index is 2.78. The second-order valence-corrected chi connectivity index (χ2v) is 4.52. The molecule has 0 heterocycles. The van der Waals surface area contributed by atoms with Crippen molar-refractivity contribution in [3.63, 3.8) is 0 Å². The first-order chi connectivity index (χ1) is 8.38. The highest BCUT2D eigenvalue weighted by atomic mass is 19.1. The van der Waals surface area contributed by atoms with Crippen molar-refractivity contribution in [1.29, 1.82) is 0 Å². The standard InChI is InChI=1S/C13H17FN2O2/c1-8(2)6-13(18)16-10-4-5-11(14)12(7-10)15-9(3)17/h4-5,7-8H,6H2,1-3H3,(H,15,17)(H,16,18). The minimum atomic E-state index is -0.535. The molecule has 1 rings (SSSR count). The summed E-state index contributed by atoms with van der Waals surface area (Å²) in [6, 6.07) is 4.06. The molecule has 98 valence electrons. The van der Waals surface area contributed by atoms with Crippen molar-refractivity contribution >= 4 is 23.2 Å². The Morgan fingerprint density at radius 1 is 1.28 bits per heavy atom. The predicted molar refractivity (Wildman–Crippen MR) is 68.8 cm³/mol. The first kappa shape index (κ1) is 14.2. The molecule has 0 unspecified atom stereocenters. The third-order valence-corrected chi connectivity index (χ3v) is 2.15. The summed E-state index contributed by atoms with van der Waals surface area (Å²) in [5, 5.41) is 5.02. The van der Waals surface area contributed by atoms with Crippen molar-refractivity contribution in [3.8, 4) is 0 Å². The fourth-order valence-corrected chi connectivity index (χ4v) is 1.47. The molecule has 4 nitrogen and oxygen atoms in total. The van der Waals surface area contributed by atoms with E-state index in [4.69, 9.17) is 0 Å². The van der Waals surface area contributed by atoms with E-state index in [2.05, 4.69) is 10.6 Å². The smallest absolute Gasteiger partial charge is 0.224 e. The Kier molecular flexibility index (Phi) is 4.83.